The minimum Gasteiger partial charge on any atom is -0.330 e. The van der Waals surface area contributed by atoms with E-state index in [1.807, 2.05) is 6.33 Å². The topological polar surface area (TPSA) is 47.1 Å². The Morgan fingerprint density at radius 1 is 1.05 bits per heavy atom. The van der Waals surface area contributed by atoms with Crippen molar-refractivity contribution in [3.8, 4) is 0 Å². The zero-order chi connectivity index (χ0) is 12.8. The van der Waals surface area contributed by atoms with Crippen LogP contribution in [-0.4, -0.2) is 33.1 Å². The Labute approximate surface area is 115 Å². The Kier molecular flexibility index (Phi) is 2.88. The highest BCUT2D eigenvalue weighted by molar-refractivity contribution is 5.14. The highest BCUT2D eigenvalue weighted by Crippen LogP contribution is 2.42. The number of nitrogens with zero attached hydrogens (tertiary/aromatic N) is 3. The van der Waals surface area contributed by atoms with Gasteiger partial charge in [-0.1, -0.05) is 6.42 Å². The maximum atomic E-state index is 6.53. The summed E-state index contributed by atoms with van der Waals surface area (Å²) in [5.41, 5.74) is 7.91. The number of aromatic nitrogens is 2. The highest BCUT2D eigenvalue weighted by atomic mass is 15.3. The molecular weight excluding hydrogens is 236 g/mol. The number of nitrogens with two attached hydrogens (primary N) is 1. The van der Waals surface area contributed by atoms with E-state index in [4.69, 9.17) is 5.73 Å². The van der Waals surface area contributed by atoms with E-state index in [2.05, 4.69) is 20.6 Å². The number of likely N-dealkylation sites (tertiary alicyclic amines) is 1. The molecule has 19 heavy (non-hydrogen) atoms. The Morgan fingerprint density at radius 2 is 1.84 bits per heavy atom. The maximum Gasteiger partial charge on any atom is 0.0951 e. The molecule has 1 saturated heterocycles. The third-order valence-corrected chi connectivity index (χ3v) is 4.92. The lowest BCUT2D eigenvalue weighted by molar-refractivity contribution is 0.168. The average molecular weight is 260 g/mol. The van der Waals surface area contributed by atoms with E-state index in [0.717, 1.165) is 12.5 Å². The molecule has 2 aliphatic carbocycles. The molecule has 104 valence electrons. The summed E-state index contributed by atoms with van der Waals surface area (Å²) in [5, 5.41) is 0. The summed E-state index contributed by atoms with van der Waals surface area (Å²) < 4.78 is 2.41. The van der Waals surface area contributed by atoms with E-state index >= 15 is 0 Å². The van der Waals surface area contributed by atoms with Gasteiger partial charge in [0.15, 0.2) is 0 Å². The zero-order valence-electron chi connectivity index (χ0n) is 11.5. The summed E-state index contributed by atoms with van der Waals surface area (Å²) >= 11 is 0. The first-order chi connectivity index (χ1) is 9.34. The fourth-order valence-electron chi connectivity index (χ4n) is 3.62. The van der Waals surface area contributed by atoms with E-state index in [0.29, 0.717) is 12.1 Å². The van der Waals surface area contributed by atoms with Crippen LogP contribution in [0.15, 0.2) is 12.5 Å². The predicted octanol–water partition coefficient (Wildman–Crippen LogP) is 2.23. The second-order valence-electron chi connectivity index (χ2n) is 6.53. The Morgan fingerprint density at radius 3 is 2.58 bits per heavy atom. The van der Waals surface area contributed by atoms with Gasteiger partial charge in [-0.15, -0.1) is 0 Å². The number of hydrogen-bond donors (Lipinski definition) is 1. The molecule has 2 heterocycles. The van der Waals surface area contributed by atoms with Gasteiger partial charge in [0.2, 0.25) is 0 Å². The van der Waals surface area contributed by atoms with Crippen molar-refractivity contribution >= 4 is 0 Å². The van der Waals surface area contributed by atoms with E-state index in [1.54, 1.807) is 0 Å². The monoisotopic (exact) mass is 260 g/mol. The van der Waals surface area contributed by atoms with Crippen molar-refractivity contribution in [2.45, 2.75) is 69.1 Å². The van der Waals surface area contributed by atoms with Crippen LogP contribution in [0.1, 0.15) is 62.7 Å². The Balaban J connectivity index is 1.68. The van der Waals surface area contributed by atoms with Gasteiger partial charge in [-0.3, -0.25) is 4.90 Å². The predicted molar refractivity (Wildman–Crippen MR) is 74.8 cm³/mol. The maximum absolute atomic E-state index is 6.53. The van der Waals surface area contributed by atoms with Gasteiger partial charge in [0.1, 0.15) is 0 Å². The minimum atomic E-state index is 0.275. The number of hydrogen-bond acceptors (Lipinski definition) is 3. The first-order valence-corrected chi connectivity index (χ1v) is 7.87. The zero-order valence-corrected chi connectivity index (χ0v) is 11.5. The lowest BCUT2D eigenvalue weighted by Crippen LogP contribution is -2.42. The summed E-state index contributed by atoms with van der Waals surface area (Å²) in [5.74, 6) is 0. The lowest BCUT2D eigenvalue weighted by atomic mass is 10.0. The molecule has 0 aromatic carbocycles. The summed E-state index contributed by atoms with van der Waals surface area (Å²) in [4.78, 5) is 7.11. The smallest absolute Gasteiger partial charge is 0.0951 e. The molecular formula is C15H24N4. The van der Waals surface area contributed by atoms with Crippen LogP contribution in [0.2, 0.25) is 0 Å². The SMILES string of the molecule is NC1CCCCN(C2CC2)C1c1cncn1C1CC1. The molecule has 2 atom stereocenters. The van der Waals surface area contributed by atoms with E-state index in [-0.39, 0.29) is 6.04 Å². The molecule has 2 saturated carbocycles. The van der Waals surface area contributed by atoms with Gasteiger partial charge in [-0.25, -0.2) is 4.98 Å². The molecule has 0 amide bonds. The van der Waals surface area contributed by atoms with Crippen LogP contribution >= 0.6 is 0 Å². The summed E-state index contributed by atoms with van der Waals surface area (Å²) in [6, 6.07) is 2.17. The van der Waals surface area contributed by atoms with Gasteiger partial charge in [0.25, 0.3) is 0 Å². The lowest BCUT2D eigenvalue weighted by Gasteiger charge is -2.34. The van der Waals surface area contributed by atoms with Crippen LogP contribution in [-0.2, 0) is 0 Å². The van der Waals surface area contributed by atoms with Crippen molar-refractivity contribution < 1.29 is 0 Å². The van der Waals surface area contributed by atoms with E-state index in [1.165, 1.54) is 50.8 Å². The largest absolute Gasteiger partial charge is 0.330 e. The standard InChI is InChI=1S/C15H24N4/c16-13-3-1-2-8-18(11-4-5-11)15(13)14-9-17-10-19(14)12-6-7-12/h9-13,15H,1-8,16H2. The van der Waals surface area contributed by atoms with Crippen molar-refractivity contribution in [2.24, 2.45) is 5.73 Å². The van der Waals surface area contributed by atoms with Crippen molar-refractivity contribution in [1.82, 2.24) is 14.5 Å². The molecule has 4 nitrogen and oxygen atoms in total. The number of imidazole rings is 1. The third-order valence-electron chi connectivity index (χ3n) is 4.92. The van der Waals surface area contributed by atoms with Gasteiger partial charge >= 0.3 is 0 Å². The Hall–Kier alpha value is -0.870. The summed E-state index contributed by atoms with van der Waals surface area (Å²) in [7, 11) is 0. The Bertz CT molecular complexity index is 447. The first-order valence-electron chi connectivity index (χ1n) is 7.87. The quantitative estimate of drug-likeness (QED) is 0.906. The van der Waals surface area contributed by atoms with Crippen molar-refractivity contribution in [3.05, 3.63) is 18.2 Å². The van der Waals surface area contributed by atoms with Crippen LogP contribution in [0, 0.1) is 0 Å². The normalized spacial score (nSPS) is 33.3. The fourth-order valence-corrected chi connectivity index (χ4v) is 3.62. The van der Waals surface area contributed by atoms with Gasteiger partial charge in [-0.05, 0) is 45.1 Å². The molecule has 1 aliphatic heterocycles. The van der Waals surface area contributed by atoms with Crippen LogP contribution in [0.5, 0.6) is 0 Å². The second kappa shape index (κ2) is 4.60. The van der Waals surface area contributed by atoms with Gasteiger partial charge in [0, 0.05) is 24.3 Å². The molecule has 3 fully saturated rings. The van der Waals surface area contributed by atoms with Crippen LogP contribution in [0.3, 0.4) is 0 Å². The van der Waals surface area contributed by atoms with Crippen LogP contribution < -0.4 is 5.73 Å². The molecule has 0 spiro atoms. The van der Waals surface area contributed by atoms with Crippen LogP contribution in [0.4, 0.5) is 0 Å². The van der Waals surface area contributed by atoms with E-state index < -0.39 is 0 Å². The van der Waals surface area contributed by atoms with Crippen molar-refractivity contribution in [1.29, 1.82) is 0 Å². The summed E-state index contributed by atoms with van der Waals surface area (Å²) in [6.07, 6.45) is 13.2. The average Bonchev–Trinajstić information content (AvgIpc) is 3.30. The summed E-state index contributed by atoms with van der Waals surface area (Å²) in [6.45, 7) is 1.22. The third kappa shape index (κ3) is 2.21. The van der Waals surface area contributed by atoms with Gasteiger partial charge in [0.05, 0.1) is 18.1 Å². The second-order valence-corrected chi connectivity index (χ2v) is 6.53. The minimum absolute atomic E-state index is 0.275. The molecule has 2 unspecified atom stereocenters. The molecule has 3 aliphatic rings. The van der Waals surface area contributed by atoms with Crippen LogP contribution in [0.25, 0.3) is 0 Å². The fraction of sp³-hybridized carbons (Fsp3) is 0.800. The van der Waals surface area contributed by atoms with Crippen molar-refractivity contribution in [2.75, 3.05) is 6.54 Å². The molecule has 0 bridgehead atoms. The van der Waals surface area contributed by atoms with Gasteiger partial charge in [-0.2, -0.15) is 0 Å². The molecule has 1 aromatic heterocycles. The van der Waals surface area contributed by atoms with Crippen molar-refractivity contribution in [3.63, 3.8) is 0 Å². The molecule has 4 heteroatoms. The molecule has 1 aromatic rings. The van der Waals surface area contributed by atoms with Gasteiger partial charge < -0.3 is 10.3 Å². The molecule has 2 N–H and O–H groups in total. The number of rotatable bonds is 3. The van der Waals surface area contributed by atoms with E-state index in [9.17, 15) is 0 Å². The molecule has 4 rings (SSSR count). The first kappa shape index (κ1) is 11.9. The molecule has 0 radical (unpaired) electrons. The highest BCUT2D eigenvalue weighted by Gasteiger charge is 2.40.